The molecule has 2 aromatic carbocycles. The smallest absolute Gasteiger partial charge is 0.158 e. The molecular formula is C27H34N2O3. The van der Waals surface area contributed by atoms with Gasteiger partial charge in [0.2, 0.25) is 0 Å². The minimum absolute atomic E-state index is 0.0212. The van der Waals surface area contributed by atoms with E-state index < -0.39 is 0 Å². The third-order valence-corrected chi connectivity index (χ3v) is 6.12. The largest absolute Gasteiger partial charge is 0.491 e. The summed E-state index contributed by atoms with van der Waals surface area (Å²) in [7, 11) is 2.10. The number of rotatable bonds is 9. The van der Waals surface area contributed by atoms with Gasteiger partial charge in [0.05, 0.1) is 17.3 Å². The second-order valence-corrected chi connectivity index (χ2v) is 8.39. The summed E-state index contributed by atoms with van der Waals surface area (Å²) < 4.78 is 17.9. The second kappa shape index (κ2) is 10.8. The molecule has 2 atom stereocenters. The van der Waals surface area contributed by atoms with E-state index in [2.05, 4.69) is 68.3 Å². The van der Waals surface area contributed by atoms with Crippen LogP contribution in [0.25, 0.3) is 22.2 Å². The maximum absolute atomic E-state index is 6.09. The molecule has 5 heteroatoms. The highest BCUT2D eigenvalue weighted by molar-refractivity contribution is 5.83. The first kappa shape index (κ1) is 22.6. The van der Waals surface area contributed by atoms with Gasteiger partial charge in [0.15, 0.2) is 6.29 Å². The van der Waals surface area contributed by atoms with Gasteiger partial charge in [-0.05, 0) is 62.9 Å². The van der Waals surface area contributed by atoms with E-state index in [9.17, 15) is 0 Å². The van der Waals surface area contributed by atoms with Gasteiger partial charge in [-0.25, -0.2) is 4.98 Å². The Balaban J connectivity index is 1.44. The van der Waals surface area contributed by atoms with Crippen LogP contribution in [-0.2, 0) is 9.47 Å². The minimum atomic E-state index is -0.0957. The lowest BCUT2D eigenvalue weighted by molar-refractivity contribution is -0.193. The van der Waals surface area contributed by atoms with Gasteiger partial charge in [-0.2, -0.15) is 0 Å². The number of nitrogens with zero attached hydrogens (tertiary/aromatic N) is 2. The fraction of sp³-hybridized carbons (Fsp3) is 0.444. The number of aromatic nitrogens is 1. The van der Waals surface area contributed by atoms with Crippen LogP contribution in [0.3, 0.4) is 0 Å². The Morgan fingerprint density at radius 1 is 1.06 bits per heavy atom. The van der Waals surface area contributed by atoms with Crippen LogP contribution in [0.1, 0.15) is 39.5 Å². The van der Waals surface area contributed by atoms with Crippen molar-refractivity contribution in [3.05, 3.63) is 54.6 Å². The number of fused-ring (bicyclic) bond motifs is 1. The van der Waals surface area contributed by atoms with Crippen LogP contribution < -0.4 is 9.64 Å². The molecule has 0 spiro atoms. The summed E-state index contributed by atoms with van der Waals surface area (Å²) >= 11 is 0. The normalized spacial score (nSPS) is 17.3. The zero-order valence-electron chi connectivity index (χ0n) is 19.4. The van der Waals surface area contributed by atoms with Gasteiger partial charge in [-0.3, -0.25) is 0 Å². The lowest BCUT2D eigenvalue weighted by Crippen LogP contribution is -2.31. The van der Waals surface area contributed by atoms with Crippen molar-refractivity contribution in [3.63, 3.8) is 0 Å². The summed E-state index contributed by atoms with van der Waals surface area (Å²) in [6.07, 6.45) is 4.07. The first-order valence-electron chi connectivity index (χ1n) is 11.8. The van der Waals surface area contributed by atoms with E-state index in [4.69, 9.17) is 19.2 Å². The van der Waals surface area contributed by atoms with Gasteiger partial charge in [0.25, 0.3) is 0 Å². The molecule has 0 radical (unpaired) electrons. The van der Waals surface area contributed by atoms with Crippen LogP contribution in [0, 0.1) is 0 Å². The van der Waals surface area contributed by atoms with E-state index in [-0.39, 0.29) is 12.4 Å². The summed E-state index contributed by atoms with van der Waals surface area (Å²) in [5.41, 5.74) is 4.21. The van der Waals surface area contributed by atoms with E-state index in [1.54, 1.807) is 0 Å². The molecule has 0 saturated carbocycles. The third kappa shape index (κ3) is 5.59. The minimum Gasteiger partial charge on any atom is -0.491 e. The average molecular weight is 435 g/mol. The average Bonchev–Trinajstić information content (AvgIpc) is 2.86. The number of pyridine rings is 1. The molecule has 1 aromatic heterocycles. The van der Waals surface area contributed by atoms with Crippen molar-refractivity contribution in [3.8, 4) is 17.0 Å². The molecular weight excluding hydrogens is 400 g/mol. The Bertz CT molecular complexity index is 999. The standard InChI is InChI=1S/C27H34N2O3/c1-4-23(32-27-8-6-7-17-30-27)19-31-24-15-11-21-12-16-25(28-26(21)18-24)20-9-13-22(14-10-20)29(3)5-2/h9-16,18,23,27H,4-8,17,19H2,1-3H3. The lowest BCUT2D eigenvalue weighted by Gasteiger charge is -2.27. The summed E-state index contributed by atoms with van der Waals surface area (Å²) in [6, 6.07) is 18.8. The molecule has 0 amide bonds. The maximum Gasteiger partial charge on any atom is 0.158 e. The molecule has 4 rings (SSSR count). The monoisotopic (exact) mass is 434 g/mol. The van der Waals surface area contributed by atoms with Gasteiger partial charge in [-0.15, -0.1) is 0 Å². The van der Waals surface area contributed by atoms with E-state index in [1.807, 2.05) is 12.1 Å². The zero-order chi connectivity index (χ0) is 22.3. The van der Waals surface area contributed by atoms with Crippen molar-refractivity contribution in [1.82, 2.24) is 4.98 Å². The Morgan fingerprint density at radius 3 is 2.59 bits per heavy atom. The van der Waals surface area contributed by atoms with Gasteiger partial charge in [-0.1, -0.05) is 25.1 Å². The van der Waals surface area contributed by atoms with Crippen molar-refractivity contribution in [2.75, 3.05) is 31.7 Å². The molecule has 0 aliphatic carbocycles. The van der Waals surface area contributed by atoms with Gasteiger partial charge >= 0.3 is 0 Å². The maximum atomic E-state index is 6.09. The molecule has 2 unspecified atom stereocenters. The van der Waals surface area contributed by atoms with Crippen LogP contribution >= 0.6 is 0 Å². The molecule has 1 fully saturated rings. The Kier molecular flexibility index (Phi) is 7.61. The van der Waals surface area contributed by atoms with Crippen LogP contribution in [-0.4, -0.2) is 44.2 Å². The number of hydrogen-bond acceptors (Lipinski definition) is 5. The molecule has 1 aliphatic heterocycles. The summed E-state index contributed by atoms with van der Waals surface area (Å²) in [4.78, 5) is 7.11. The zero-order valence-corrected chi connectivity index (χ0v) is 19.4. The predicted octanol–water partition coefficient (Wildman–Crippen LogP) is 6.06. The molecule has 5 nitrogen and oxygen atoms in total. The Morgan fingerprint density at radius 2 is 1.88 bits per heavy atom. The SMILES string of the molecule is CCC(COc1ccc2ccc(-c3ccc(N(C)CC)cc3)nc2c1)OC1CCCCO1. The van der Waals surface area contributed by atoms with Crippen molar-refractivity contribution >= 4 is 16.6 Å². The molecule has 1 aliphatic rings. The summed E-state index contributed by atoms with van der Waals surface area (Å²) in [5, 5.41) is 1.10. The van der Waals surface area contributed by atoms with E-state index in [0.29, 0.717) is 6.61 Å². The first-order chi connectivity index (χ1) is 15.7. The topological polar surface area (TPSA) is 43.8 Å². The van der Waals surface area contributed by atoms with E-state index in [1.165, 1.54) is 12.1 Å². The van der Waals surface area contributed by atoms with E-state index >= 15 is 0 Å². The summed E-state index contributed by atoms with van der Waals surface area (Å²) in [5.74, 6) is 0.814. The molecule has 0 N–H and O–H groups in total. The molecule has 170 valence electrons. The van der Waals surface area contributed by atoms with Crippen molar-refractivity contribution < 1.29 is 14.2 Å². The highest BCUT2D eigenvalue weighted by Crippen LogP contribution is 2.26. The number of ether oxygens (including phenoxy) is 3. The van der Waals surface area contributed by atoms with Crippen molar-refractivity contribution in [1.29, 1.82) is 0 Å². The second-order valence-electron chi connectivity index (χ2n) is 8.39. The van der Waals surface area contributed by atoms with Crippen molar-refractivity contribution in [2.45, 2.75) is 51.9 Å². The van der Waals surface area contributed by atoms with Gasteiger partial charge in [0.1, 0.15) is 12.4 Å². The third-order valence-electron chi connectivity index (χ3n) is 6.12. The Hall–Kier alpha value is -2.63. The molecule has 2 heterocycles. The molecule has 32 heavy (non-hydrogen) atoms. The van der Waals surface area contributed by atoms with Gasteiger partial charge < -0.3 is 19.1 Å². The van der Waals surface area contributed by atoms with Gasteiger partial charge in [0, 0.05) is 42.9 Å². The van der Waals surface area contributed by atoms with E-state index in [0.717, 1.165) is 60.3 Å². The summed E-state index contributed by atoms with van der Waals surface area (Å²) in [6.45, 7) is 6.55. The number of hydrogen-bond donors (Lipinski definition) is 0. The lowest BCUT2D eigenvalue weighted by atomic mass is 10.1. The molecule has 1 saturated heterocycles. The van der Waals surface area contributed by atoms with Crippen LogP contribution in [0.2, 0.25) is 0 Å². The predicted molar refractivity (Wildman–Crippen MR) is 130 cm³/mol. The number of anilines is 1. The number of benzene rings is 2. The first-order valence-corrected chi connectivity index (χ1v) is 11.8. The fourth-order valence-electron chi connectivity index (χ4n) is 3.89. The van der Waals surface area contributed by atoms with Crippen LogP contribution in [0.15, 0.2) is 54.6 Å². The molecule has 3 aromatic rings. The Labute approximate surface area is 191 Å². The quantitative estimate of drug-likeness (QED) is 0.410. The van der Waals surface area contributed by atoms with Crippen LogP contribution in [0.4, 0.5) is 5.69 Å². The highest BCUT2D eigenvalue weighted by Gasteiger charge is 2.19. The fourth-order valence-corrected chi connectivity index (χ4v) is 3.89. The van der Waals surface area contributed by atoms with Crippen LogP contribution in [0.5, 0.6) is 5.75 Å². The molecule has 0 bridgehead atoms. The van der Waals surface area contributed by atoms with Crippen molar-refractivity contribution in [2.24, 2.45) is 0 Å². The highest BCUT2D eigenvalue weighted by atomic mass is 16.7.